The summed E-state index contributed by atoms with van der Waals surface area (Å²) in [7, 11) is 1.26. The molecular weight excluding hydrogens is 242 g/mol. The molecule has 7 heteroatoms. The van der Waals surface area contributed by atoms with Crippen LogP contribution in [-0.4, -0.2) is 13.6 Å². The first-order valence-electron chi connectivity index (χ1n) is 3.95. The molecule has 0 aliphatic heterocycles. The molecule has 0 spiro atoms. The molecule has 0 saturated carbocycles. The van der Waals surface area contributed by atoms with Crippen molar-refractivity contribution in [1.82, 2.24) is 5.16 Å². The first kappa shape index (κ1) is 10.3. The monoisotopic (exact) mass is 247 g/mol. The molecule has 0 bridgehead atoms. The van der Waals surface area contributed by atoms with E-state index >= 15 is 0 Å². The Hall–Kier alpha value is -1.27. The summed E-state index contributed by atoms with van der Waals surface area (Å²) >= 11 is 0. The minimum absolute atomic E-state index is 0.273. The predicted molar refractivity (Wildman–Crippen MR) is 52.0 cm³/mol. The first-order chi connectivity index (χ1) is 6.97. The molecule has 2 aromatic heterocycles. The number of nitrogens with zero attached hydrogens (tertiary/aromatic N) is 1. The van der Waals surface area contributed by atoms with Gasteiger partial charge in [0.05, 0.1) is 5.69 Å². The van der Waals surface area contributed by atoms with E-state index in [2.05, 4.69) is 5.16 Å². The van der Waals surface area contributed by atoms with Crippen LogP contribution in [0.3, 0.4) is 0 Å². The number of halogens is 1. The summed E-state index contributed by atoms with van der Waals surface area (Å²) in [5.41, 5.74) is 0.677. The van der Waals surface area contributed by atoms with Crippen molar-refractivity contribution in [3.8, 4) is 11.5 Å². The SMILES string of the molecule is Cc1cc(-c2ccc(S(=O)(=O)Cl)o2)on1. The second-order valence-electron chi connectivity index (χ2n) is 2.89. The molecule has 2 rings (SSSR count). The normalized spacial score (nSPS) is 11.9. The molecule has 0 fully saturated rings. The third kappa shape index (κ3) is 2.05. The summed E-state index contributed by atoms with van der Waals surface area (Å²) < 4.78 is 31.7. The highest BCUT2D eigenvalue weighted by atomic mass is 35.7. The van der Waals surface area contributed by atoms with E-state index in [4.69, 9.17) is 19.6 Å². The van der Waals surface area contributed by atoms with E-state index in [0.29, 0.717) is 11.5 Å². The summed E-state index contributed by atoms with van der Waals surface area (Å²) in [6.45, 7) is 1.75. The smallest absolute Gasteiger partial charge is 0.294 e. The molecular formula is C8H6ClNO4S. The number of aryl methyl sites for hydroxylation is 1. The van der Waals surface area contributed by atoms with Crippen LogP contribution < -0.4 is 0 Å². The van der Waals surface area contributed by atoms with Gasteiger partial charge >= 0.3 is 0 Å². The van der Waals surface area contributed by atoms with Gasteiger partial charge in [-0.25, -0.2) is 8.42 Å². The highest BCUT2D eigenvalue weighted by molar-refractivity contribution is 8.13. The number of hydrogen-bond acceptors (Lipinski definition) is 5. The Morgan fingerprint density at radius 2 is 2.07 bits per heavy atom. The van der Waals surface area contributed by atoms with Gasteiger partial charge in [-0.3, -0.25) is 0 Å². The lowest BCUT2D eigenvalue weighted by Crippen LogP contribution is -1.85. The van der Waals surface area contributed by atoms with Gasteiger partial charge in [-0.05, 0) is 19.1 Å². The molecule has 0 N–H and O–H groups in total. The third-order valence-electron chi connectivity index (χ3n) is 1.69. The van der Waals surface area contributed by atoms with Gasteiger partial charge in [0.2, 0.25) is 10.9 Å². The number of furan rings is 1. The fraction of sp³-hybridized carbons (Fsp3) is 0.125. The standard InChI is InChI=1S/C8H6ClNO4S/c1-5-4-7(14-10-5)6-2-3-8(13-6)15(9,11)12/h2-4H,1H3. The van der Waals surface area contributed by atoms with E-state index in [1.54, 1.807) is 13.0 Å². The van der Waals surface area contributed by atoms with Gasteiger partial charge in [0, 0.05) is 16.7 Å². The molecule has 80 valence electrons. The first-order valence-corrected chi connectivity index (χ1v) is 6.26. The summed E-state index contributed by atoms with van der Waals surface area (Å²) in [5.74, 6) is 0.633. The average molecular weight is 248 g/mol. The summed E-state index contributed by atoms with van der Waals surface area (Å²) in [4.78, 5) is 0. The molecule has 0 saturated heterocycles. The van der Waals surface area contributed by atoms with Crippen LogP contribution in [0.4, 0.5) is 0 Å². The molecule has 2 heterocycles. The molecule has 0 aromatic carbocycles. The zero-order valence-electron chi connectivity index (χ0n) is 7.60. The van der Waals surface area contributed by atoms with Crippen molar-refractivity contribution >= 4 is 19.7 Å². The van der Waals surface area contributed by atoms with Crippen molar-refractivity contribution in [3.05, 3.63) is 23.9 Å². The molecule has 15 heavy (non-hydrogen) atoms. The molecule has 0 aliphatic carbocycles. The van der Waals surface area contributed by atoms with Gasteiger partial charge in [0.15, 0.2) is 5.76 Å². The second-order valence-corrected chi connectivity index (χ2v) is 5.39. The Labute approximate surface area is 90.0 Å². The van der Waals surface area contributed by atoms with Crippen molar-refractivity contribution in [2.45, 2.75) is 12.0 Å². The van der Waals surface area contributed by atoms with Crippen LogP contribution in [0.5, 0.6) is 0 Å². The molecule has 0 radical (unpaired) electrons. The van der Waals surface area contributed by atoms with E-state index in [1.807, 2.05) is 0 Å². The lowest BCUT2D eigenvalue weighted by molar-refractivity contribution is 0.399. The Bertz CT molecular complexity index is 583. The highest BCUT2D eigenvalue weighted by Crippen LogP contribution is 2.26. The van der Waals surface area contributed by atoms with Gasteiger partial charge in [0.25, 0.3) is 9.05 Å². The van der Waals surface area contributed by atoms with Crippen molar-refractivity contribution in [1.29, 1.82) is 0 Å². The Morgan fingerprint density at radius 3 is 2.53 bits per heavy atom. The molecule has 0 amide bonds. The Morgan fingerprint density at radius 1 is 1.33 bits per heavy atom. The molecule has 0 atom stereocenters. The van der Waals surface area contributed by atoms with E-state index in [0.717, 1.165) is 0 Å². The van der Waals surface area contributed by atoms with E-state index in [-0.39, 0.29) is 10.9 Å². The highest BCUT2D eigenvalue weighted by Gasteiger charge is 2.17. The average Bonchev–Trinajstić information content (AvgIpc) is 2.69. The molecule has 0 unspecified atom stereocenters. The number of rotatable bonds is 2. The summed E-state index contributed by atoms with van der Waals surface area (Å²) in [6, 6.07) is 4.34. The Balaban J connectivity index is 2.44. The van der Waals surface area contributed by atoms with Crippen molar-refractivity contribution in [2.24, 2.45) is 0 Å². The zero-order chi connectivity index (χ0) is 11.1. The summed E-state index contributed by atoms with van der Waals surface area (Å²) in [5, 5.41) is 3.34. The predicted octanol–water partition coefficient (Wildman–Crippen LogP) is 2.17. The number of aromatic nitrogens is 1. The topological polar surface area (TPSA) is 73.3 Å². The van der Waals surface area contributed by atoms with E-state index in [9.17, 15) is 8.42 Å². The van der Waals surface area contributed by atoms with Crippen LogP contribution in [0, 0.1) is 6.92 Å². The maximum atomic E-state index is 10.9. The van der Waals surface area contributed by atoms with Crippen LogP contribution in [-0.2, 0) is 9.05 Å². The van der Waals surface area contributed by atoms with Gasteiger partial charge in [-0.15, -0.1) is 0 Å². The Kier molecular flexibility index (Phi) is 2.32. The fourth-order valence-corrected chi connectivity index (χ4v) is 1.73. The maximum Gasteiger partial charge on any atom is 0.294 e. The summed E-state index contributed by atoms with van der Waals surface area (Å²) in [6.07, 6.45) is 0. The van der Waals surface area contributed by atoms with Crippen LogP contribution >= 0.6 is 10.7 Å². The van der Waals surface area contributed by atoms with Crippen LogP contribution in [0.2, 0.25) is 0 Å². The lowest BCUT2D eigenvalue weighted by atomic mass is 10.3. The molecule has 2 aromatic rings. The van der Waals surface area contributed by atoms with Crippen LogP contribution in [0.1, 0.15) is 5.69 Å². The molecule has 0 aliphatic rings. The van der Waals surface area contributed by atoms with Gasteiger partial charge in [0.1, 0.15) is 0 Å². The van der Waals surface area contributed by atoms with E-state index < -0.39 is 9.05 Å². The van der Waals surface area contributed by atoms with Crippen molar-refractivity contribution in [2.75, 3.05) is 0 Å². The maximum absolute atomic E-state index is 10.9. The fourth-order valence-electron chi connectivity index (χ4n) is 1.06. The minimum Gasteiger partial charge on any atom is -0.440 e. The van der Waals surface area contributed by atoms with Gasteiger partial charge < -0.3 is 8.94 Å². The lowest BCUT2D eigenvalue weighted by Gasteiger charge is -1.88. The second kappa shape index (κ2) is 3.39. The van der Waals surface area contributed by atoms with Crippen molar-refractivity contribution < 1.29 is 17.4 Å². The molecule has 5 nitrogen and oxygen atoms in total. The van der Waals surface area contributed by atoms with Crippen LogP contribution in [0.15, 0.2) is 32.2 Å². The zero-order valence-corrected chi connectivity index (χ0v) is 9.17. The van der Waals surface area contributed by atoms with Gasteiger partial charge in [-0.2, -0.15) is 0 Å². The third-order valence-corrected chi connectivity index (χ3v) is 2.85. The van der Waals surface area contributed by atoms with Gasteiger partial charge in [-0.1, -0.05) is 5.16 Å². The number of hydrogen-bond donors (Lipinski definition) is 0. The van der Waals surface area contributed by atoms with E-state index in [1.165, 1.54) is 12.1 Å². The largest absolute Gasteiger partial charge is 0.440 e. The van der Waals surface area contributed by atoms with Crippen LogP contribution in [0.25, 0.3) is 11.5 Å². The quantitative estimate of drug-likeness (QED) is 0.761. The minimum atomic E-state index is -3.84. The van der Waals surface area contributed by atoms with Crippen molar-refractivity contribution in [3.63, 3.8) is 0 Å².